The van der Waals surface area contributed by atoms with E-state index in [9.17, 15) is 9.50 Å². The molecule has 2 fully saturated rings. The van der Waals surface area contributed by atoms with Crippen LogP contribution in [0.2, 0.25) is 0 Å². The zero-order valence-corrected chi connectivity index (χ0v) is 12.1. The predicted octanol–water partition coefficient (Wildman–Crippen LogP) is 2.59. The van der Waals surface area contributed by atoms with E-state index >= 15 is 0 Å². The molecule has 0 spiro atoms. The van der Waals surface area contributed by atoms with Gasteiger partial charge in [0, 0.05) is 37.3 Å². The predicted molar refractivity (Wildman–Crippen MR) is 77.1 cm³/mol. The van der Waals surface area contributed by atoms with Gasteiger partial charge in [-0.25, -0.2) is 4.39 Å². The average Bonchev–Trinajstić information content (AvgIpc) is 2.38. The molecule has 1 atom stereocenters. The summed E-state index contributed by atoms with van der Waals surface area (Å²) in [6.45, 7) is 6.23. The molecule has 2 heterocycles. The van der Waals surface area contributed by atoms with Crippen molar-refractivity contribution in [3.63, 3.8) is 0 Å². The van der Waals surface area contributed by atoms with Crippen molar-refractivity contribution >= 4 is 0 Å². The van der Waals surface area contributed by atoms with Crippen LogP contribution in [0, 0.1) is 5.82 Å². The van der Waals surface area contributed by atoms with Crippen LogP contribution in [0.3, 0.4) is 0 Å². The highest BCUT2D eigenvalue weighted by Crippen LogP contribution is 2.27. The van der Waals surface area contributed by atoms with Gasteiger partial charge in [-0.1, -0.05) is 6.42 Å². The van der Waals surface area contributed by atoms with Gasteiger partial charge < -0.3 is 5.11 Å². The number of phenols is 1. The number of hydrogen-bond acceptors (Lipinski definition) is 3. The quantitative estimate of drug-likeness (QED) is 0.920. The lowest BCUT2D eigenvalue weighted by molar-refractivity contribution is -0.00650. The number of nitrogens with zero attached hydrogens (tertiary/aromatic N) is 2. The molecule has 3 rings (SSSR count). The number of aromatic hydroxyl groups is 1. The molecule has 20 heavy (non-hydrogen) atoms. The Bertz CT molecular complexity index is 474. The summed E-state index contributed by atoms with van der Waals surface area (Å²) in [5.41, 5.74) is 0.690. The third kappa shape index (κ3) is 2.81. The molecule has 0 radical (unpaired) electrons. The number of phenolic OH excluding ortho intramolecular Hbond substituents is 1. The normalized spacial score (nSPS) is 25.6. The first-order valence-electron chi connectivity index (χ1n) is 7.59. The number of benzene rings is 1. The number of likely N-dealkylation sites (tertiary alicyclic amines) is 2. The monoisotopic (exact) mass is 278 g/mol. The van der Waals surface area contributed by atoms with E-state index in [0.29, 0.717) is 24.2 Å². The van der Waals surface area contributed by atoms with E-state index in [-0.39, 0.29) is 11.6 Å². The van der Waals surface area contributed by atoms with Crippen molar-refractivity contribution in [1.82, 2.24) is 9.80 Å². The third-order valence-corrected chi connectivity index (χ3v) is 4.70. The smallest absolute Gasteiger partial charge is 0.123 e. The van der Waals surface area contributed by atoms with Crippen LogP contribution < -0.4 is 0 Å². The Kier molecular flexibility index (Phi) is 3.94. The third-order valence-electron chi connectivity index (χ3n) is 4.70. The Morgan fingerprint density at radius 3 is 2.85 bits per heavy atom. The second-order valence-corrected chi connectivity index (χ2v) is 6.20. The summed E-state index contributed by atoms with van der Waals surface area (Å²) in [6, 6.07) is 5.51. The molecule has 0 saturated carbocycles. The molecular formula is C16H23FN2O. The zero-order valence-electron chi connectivity index (χ0n) is 12.1. The summed E-state index contributed by atoms with van der Waals surface area (Å²) < 4.78 is 13.2. The molecular weight excluding hydrogens is 255 g/mol. The van der Waals surface area contributed by atoms with Gasteiger partial charge in [-0.3, -0.25) is 9.80 Å². The van der Waals surface area contributed by atoms with Crippen molar-refractivity contribution < 1.29 is 9.50 Å². The number of hydrogen-bond donors (Lipinski definition) is 1. The van der Waals surface area contributed by atoms with E-state index in [4.69, 9.17) is 0 Å². The summed E-state index contributed by atoms with van der Waals surface area (Å²) in [7, 11) is 0. The maximum atomic E-state index is 13.2. The topological polar surface area (TPSA) is 26.7 Å². The highest BCUT2D eigenvalue weighted by Gasteiger charge is 2.35. The van der Waals surface area contributed by atoms with Gasteiger partial charge in [-0.05, 0) is 44.5 Å². The minimum atomic E-state index is -0.278. The molecule has 0 bridgehead atoms. The molecule has 3 nitrogen and oxygen atoms in total. The van der Waals surface area contributed by atoms with Crippen LogP contribution in [-0.4, -0.2) is 46.6 Å². The van der Waals surface area contributed by atoms with Gasteiger partial charge >= 0.3 is 0 Å². The summed E-state index contributed by atoms with van der Waals surface area (Å²) in [6.07, 6.45) is 3.97. The standard InChI is InChI=1S/C16H23FN2O/c1-12-4-2-3-7-19(12)15-10-18(11-15)9-13-8-14(17)5-6-16(13)20/h5-6,8,12,15,20H,2-4,7,9-11H2,1H3/t12-/m0/s1. The molecule has 0 aromatic heterocycles. The Hall–Kier alpha value is -1.13. The second kappa shape index (κ2) is 5.70. The minimum absolute atomic E-state index is 0.196. The zero-order chi connectivity index (χ0) is 14.1. The van der Waals surface area contributed by atoms with E-state index in [1.54, 1.807) is 0 Å². The fourth-order valence-electron chi connectivity index (χ4n) is 3.47. The molecule has 0 amide bonds. The Morgan fingerprint density at radius 1 is 1.30 bits per heavy atom. The molecule has 110 valence electrons. The molecule has 2 aliphatic heterocycles. The molecule has 0 unspecified atom stereocenters. The van der Waals surface area contributed by atoms with Crippen molar-refractivity contribution in [1.29, 1.82) is 0 Å². The molecule has 2 aliphatic rings. The van der Waals surface area contributed by atoms with Gasteiger partial charge in [0.2, 0.25) is 0 Å². The maximum Gasteiger partial charge on any atom is 0.123 e. The molecule has 2 saturated heterocycles. The first-order valence-corrected chi connectivity index (χ1v) is 7.59. The van der Waals surface area contributed by atoms with E-state index in [1.807, 2.05) is 0 Å². The second-order valence-electron chi connectivity index (χ2n) is 6.20. The first kappa shape index (κ1) is 13.8. The number of halogens is 1. The molecule has 0 aliphatic carbocycles. The summed E-state index contributed by atoms with van der Waals surface area (Å²) in [5, 5.41) is 9.76. The lowest BCUT2D eigenvalue weighted by Crippen LogP contribution is -2.61. The summed E-state index contributed by atoms with van der Waals surface area (Å²) in [4.78, 5) is 4.89. The van der Waals surface area contributed by atoms with Crippen LogP contribution in [0.4, 0.5) is 4.39 Å². The fraction of sp³-hybridized carbons (Fsp3) is 0.625. The highest BCUT2D eigenvalue weighted by molar-refractivity contribution is 5.32. The van der Waals surface area contributed by atoms with Gasteiger partial charge in [-0.15, -0.1) is 0 Å². The van der Waals surface area contributed by atoms with Crippen molar-refractivity contribution in [2.24, 2.45) is 0 Å². The van der Waals surface area contributed by atoms with Gasteiger partial charge in [0.25, 0.3) is 0 Å². The number of rotatable bonds is 3. The van der Waals surface area contributed by atoms with E-state index in [1.165, 1.54) is 44.0 Å². The lowest BCUT2D eigenvalue weighted by atomic mass is 9.97. The maximum absolute atomic E-state index is 13.2. The van der Waals surface area contributed by atoms with E-state index in [2.05, 4.69) is 16.7 Å². The molecule has 1 aromatic rings. The SMILES string of the molecule is C[C@H]1CCCCN1C1CN(Cc2cc(F)ccc2O)C1. The Morgan fingerprint density at radius 2 is 2.10 bits per heavy atom. The van der Waals surface area contributed by atoms with Crippen LogP contribution in [0.25, 0.3) is 0 Å². The largest absolute Gasteiger partial charge is 0.508 e. The highest BCUT2D eigenvalue weighted by atomic mass is 19.1. The molecule has 1 aromatic carbocycles. The molecule has 4 heteroatoms. The summed E-state index contributed by atoms with van der Waals surface area (Å²) >= 11 is 0. The van der Waals surface area contributed by atoms with Gasteiger partial charge in [0.1, 0.15) is 11.6 Å². The van der Waals surface area contributed by atoms with Crippen LogP contribution in [0.15, 0.2) is 18.2 Å². The minimum Gasteiger partial charge on any atom is -0.508 e. The van der Waals surface area contributed by atoms with Crippen molar-refractivity contribution in [2.45, 2.75) is 44.8 Å². The average molecular weight is 278 g/mol. The first-order chi connectivity index (χ1) is 9.63. The Balaban J connectivity index is 1.54. The van der Waals surface area contributed by atoms with Gasteiger partial charge in [-0.2, -0.15) is 0 Å². The van der Waals surface area contributed by atoms with Crippen LogP contribution in [0.1, 0.15) is 31.7 Å². The van der Waals surface area contributed by atoms with Crippen molar-refractivity contribution in [3.8, 4) is 5.75 Å². The lowest BCUT2D eigenvalue weighted by Gasteiger charge is -2.49. The van der Waals surface area contributed by atoms with Crippen LogP contribution in [0.5, 0.6) is 5.75 Å². The van der Waals surface area contributed by atoms with Crippen LogP contribution >= 0.6 is 0 Å². The van der Waals surface area contributed by atoms with Gasteiger partial charge in [0.05, 0.1) is 0 Å². The molecule has 1 N–H and O–H groups in total. The number of piperidine rings is 1. The Labute approximate surface area is 120 Å². The van der Waals surface area contributed by atoms with Crippen molar-refractivity contribution in [2.75, 3.05) is 19.6 Å². The van der Waals surface area contributed by atoms with E-state index in [0.717, 1.165) is 13.1 Å². The van der Waals surface area contributed by atoms with E-state index < -0.39 is 0 Å². The fourth-order valence-corrected chi connectivity index (χ4v) is 3.47. The summed E-state index contributed by atoms with van der Waals surface area (Å²) in [5.74, 6) is -0.0827. The van der Waals surface area contributed by atoms with Gasteiger partial charge in [0.15, 0.2) is 0 Å². The van der Waals surface area contributed by atoms with Crippen LogP contribution in [-0.2, 0) is 6.54 Å². The van der Waals surface area contributed by atoms with Crippen molar-refractivity contribution in [3.05, 3.63) is 29.6 Å².